The van der Waals surface area contributed by atoms with Crippen molar-refractivity contribution in [2.45, 2.75) is 25.7 Å². The first kappa shape index (κ1) is 12.9. The van der Waals surface area contributed by atoms with E-state index >= 15 is 0 Å². The molecule has 4 heteroatoms. The minimum Gasteiger partial charge on any atom is -0.492 e. The molecule has 1 aliphatic rings. The molecule has 17 heavy (non-hydrogen) atoms. The van der Waals surface area contributed by atoms with Crippen LogP contribution in [0.25, 0.3) is 0 Å². The zero-order valence-corrected chi connectivity index (χ0v) is 11.8. The molecule has 0 N–H and O–H groups in total. The van der Waals surface area contributed by atoms with Crippen molar-refractivity contribution in [3.63, 3.8) is 0 Å². The number of halogens is 2. The predicted molar refractivity (Wildman–Crippen MR) is 71.6 cm³/mol. The molecule has 1 aromatic carbocycles. The summed E-state index contributed by atoms with van der Waals surface area (Å²) in [5, 5.41) is 0.603. The molecule has 1 atom stereocenters. The highest BCUT2D eigenvalue weighted by atomic mass is 79.9. The van der Waals surface area contributed by atoms with Gasteiger partial charge >= 0.3 is 0 Å². The second-order valence-corrected chi connectivity index (χ2v) is 5.59. The topological polar surface area (TPSA) is 26.3 Å². The molecule has 1 fully saturated rings. The smallest absolute Gasteiger partial charge is 0.139 e. The lowest BCUT2D eigenvalue weighted by atomic mass is 10.0. The molecule has 1 aliphatic carbocycles. The van der Waals surface area contributed by atoms with Crippen molar-refractivity contribution in [2.75, 3.05) is 6.61 Å². The summed E-state index contributed by atoms with van der Waals surface area (Å²) >= 11 is 9.38. The van der Waals surface area contributed by atoms with Crippen LogP contribution < -0.4 is 4.74 Å². The fourth-order valence-electron chi connectivity index (χ4n) is 2.09. The molecule has 1 aromatic rings. The van der Waals surface area contributed by atoms with Crippen LogP contribution in [0.3, 0.4) is 0 Å². The fraction of sp³-hybridized carbons (Fsp3) is 0.462. The van der Waals surface area contributed by atoms with Crippen molar-refractivity contribution in [2.24, 2.45) is 5.92 Å². The largest absolute Gasteiger partial charge is 0.492 e. The Morgan fingerprint density at radius 3 is 3.00 bits per heavy atom. The zero-order valence-electron chi connectivity index (χ0n) is 9.42. The number of ketones is 1. The summed E-state index contributed by atoms with van der Waals surface area (Å²) in [4.78, 5) is 11.4. The van der Waals surface area contributed by atoms with E-state index in [1.165, 1.54) is 0 Å². The Morgan fingerprint density at radius 2 is 2.29 bits per heavy atom. The maximum atomic E-state index is 11.4. The van der Waals surface area contributed by atoms with Crippen LogP contribution in [-0.2, 0) is 4.79 Å². The third-order valence-electron chi connectivity index (χ3n) is 3.05. The van der Waals surface area contributed by atoms with Crippen LogP contribution in [-0.4, -0.2) is 12.4 Å². The maximum Gasteiger partial charge on any atom is 0.139 e. The molecule has 2 rings (SSSR count). The monoisotopic (exact) mass is 316 g/mol. The standard InChI is InChI=1S/C13H14BrClO2/c14-10-4-5-11(15)13(8-10)17-7-6-9-2-1-3-12(9)16/h4-5,8-9H,1-3,6-7H2. The molecule has 0 amide bonds. The summed E-state index contributed by atoms with van der Waals surface area (Å²) in [6, 6.07) is 5.51. The molecular weight excluding hydrogens is 303 g/mol. The van der Waals surface area contributed by atoms with Crippen molar-refractivity contribution in [1.29, 1.82) is 0 Å². The molecule has 92 valence electrons. The summed E-state index contributed by atoms with van der Waals surface area (Å²) < 4.78 is 6.55. The number of rotatable bonds is 4. The summed E-state index contributed by atoms with van der Waals surface area (Å²) in [7, 11) is 0. The summed E-state index contributed by atoms with van der Waals surface area (Å²) in [5.41, 5.74) is 0. The molecule has 0 heterocycles. The van der Waals surface area contributed by atoms with E-state index in [9.17, 15) is 4.79 Å². The molecule has 1 unspecified atom stereocenters. The Kier molecular flexibility index (Phi) is 4.46. The highest BCUT2D eigenvalue weighted by Gasteiger charge is 2.23. The third kappa shape index (κ3) is 3.46. The first-order chi connectivity index (χ1) is 8.16. The zero-order chi connectivity index (χ0) is 12.3. The minimum atomic E-state index is 0.195. The van der Waals surface area contributed by atoms with Crippen molar-refractivity contribution in [3.8, 4) is 5.75 Å². The third-order valence-corrected chi connectivity index (χ3v) is 3.85. The highest BCUT2D eigenvalue weighted by Crippen LogP contribution is 2.29. The molecule has 2 nitrogen and oxygen atoms in total. The van der Waals surface area contributed by atoms with Crippen LogP contribution in [0.15, 0.2) is 22.7 Å². The molecule has 0 aliphatic heterocycles. The van der Waals surface area contributed by atoms with Gasteiger partial charge in [0.25, 0.3) is 0 Å². The first-order valence-corrected chi connectivity index (χ1v) is 6.94. The lowest BCUT2D eigenvalue weighted by Gasteiger charge is -2.11. The quantitative estimate of drug-likeness (QED) is 0.830. The van der Waals surface area contributed by atoms with E-state index in [1.54, 1.807) is 6.07 Å². The lowest BCUT2D eigenvalue weighted by Crippen LogP contribution is -2.11. The van der Waals surface area contributed by atoms with Crippen LogP contribution in [0.5, 0.6) is 5.75 Å². The summed E-state index contributed by atoms with van der Waals surface area (Å²) in [6.07, 6.45) is 3.57. The van der Waals surface area contributed by atoms with Crippen LogP contribution in [0.4, 0.5) is 0 Å². The van der Waals surface area contributed by atoms with Gasteiger partial charge in [0.15, 0.2) is 0 Å². The average Bonchev–Trinajstić information content (AvgIpc) is 2.70. The number of benzene rings is 1. The Labute approximate surface area is 114 Å². The van der Waals surface area contributed by atoms with E-state index in [-0.39, 0.29) is 5.92 Å². The highest BCUT2D eigenvalue weighted by molar-refractivity contribution is 9.10. The SMILES string of the molecule is O=C1CCCC1CCOc1cc(Br)ccc1Cl. The minimum absolute atomic E-state index is 0.195. The Hall–Kier alpha value is -0.540. The Balaban J connectivity index is 1.85. The molecule has 0 aromatic heterocycles. The van der Waals surface area contributed by atoms with Crippen LogP contribution >= 0.6 is 27.5 Å². The van der Waals surface area contributed by atoms with E-state index in [1.807, 2.05) is 12.1 Å². The van der Waals surface area contributed by atoms with Gasteiger partial charge in [-0.05, 0) is 37.5 Å². The molecule has 0 bridgehead atoms. The van der Waals surface area contributed by atoms with Gasteiger partial charge < -0.3 is 4.74 Å². The Bertz CT molecular complexity index is 420. The van der Waals surface area contributed by atoms with Gasteiger partial charge in [0.05, 0.1) is 11.6 Å². The van der Waals surface area contributed by atoms with Crippen LogP contribution in [0.2, 0.25) is 5.02 Å². The number of hydrogen-bond acceptors (Lipinski definition) is 2. The molecule has 1 saturated carbocycles. The van der Waals surface area contributed by atoms with Gasteiger partial charge in [-0.2, -0.15) is 0 Å². The van der Waals surface area contributed by atoms with Gasteiger partial charge in [-0.25, -0.2) is 0 Å². The van der Waals surface area contributed by atoms with Crippen LogP contribution in [0.1, 0.15) is 25.7 Å². The molecule has 0 radical (unpaired) electrons. The second-order valence-electron chi connectivity index (χ2n) is 4.27. The van der Waals surface area contributed by atoms with E-state index in [0.29, 0.717) is 23.2 Å². The molecule has 0 spiro atoms. The summed E-state index contributed by atoms with van der Waals surface area (Å²) in [6.45, 7) is 0.548. The van der Waals surface area contributed by atoms with Crippen molar-refractivity contribution in [3.05, 3.63) is 27.7 Å². The normalized spacial score (nSPS) is 19.6. The van der Waals surface area contributed by atoms with Crippen molar-refractivity contribution in [1.82, 2.24) is 0 Å². The average molecular weight is 318 g/mol. The molecular formula is C13H14BrClO2. The number of carbonyl (C=O) groups is 1. The van der Waals surface area contributed by atoms with Gasteiger partial charge in [-0.15, -0.1) is 0 Å². The van der Waals surface area contributed by atoms with Crippen LogP contribution in [0, 0.1) is 5.92 Å². The van der Waals surface area contributed by atoms with E-state index in [2.05, 4.69) is 15.9 Å². The van der Waals surface area contributed by atoms with Gasteiger partial charge in [0, 0.05) is 16.8 Å². The van der Waals surface area contributed by atoms with Crippen molar-refractivity contribution < 1.29 is 9.53 Å². The lowest BCUT2D eigenvalue weighted by molar-refractivity contribution is -0.121. The van der Waals surface area contributed by atoms with Gasteiger partial charge in [0.2, 0.25) is 0 Å². The van der Waals surface area contributed by atoms with E-state index < -0.39 is 0 Å². The van der Waals surface area contributed by atoms with Crippen molar-refractivity contribution >= 4 is 33.3 Å². The number of Topliss-reactive ketones (excluding diaryl/α,β-unsaturated/α-hetero) is 1. The number of carbonyl (C=O) groups excluding carboxylic acids is 1. The number of ether oxygens (including phenoxy) is 1. The fourth-order valence-corrected chi connectivity index (χ4v) is 2.60. The summed E-state index contributed by atoms with van der Waals surface area (Å²) in [5.74, 6) is 1.25. The Morgan fingerprint density at radius 1 is 1.47 bits per heavy atom. The molecule has 0 saturated heterocycles. The maximum absolute atomic E-state index is 11.4. The van der Waals surface area contributed by atoms with E-state index in [0.717, 1.165) is 30.2 Å². The number of hydrogen-bond donors (Lipinski definition) is 0. The van der Waals surface area contributed by atoms with Gasteiger partial charge in [0.1, 0.15) is 11.5 Å². The first-order valence-electron chi connectivity index (χ1n) is 5.77. The van der Waals surface area contributed by atoms with Gasteiger partial charge in [-0.1, -0.05) is 27.5 Å². The predicted octanol–water partition coefficient (Wildman–Crippen LogP) is 4.24. The second kappa shape index (κ2) is 5.87. The van der Waals surface area contributed by atoms with E-state index in [4.69, 9.17) is 16.3 Å². The van der Waals surface area contributed by atoms with Gasteiger partial charge in [-0.3, -0.25) is 4.79 Å².